The first-order valence-electron chi connectivity index (χ1n) is 26.0. The molecule has 1 saturated heterocycles. The number of rotatable bonds is 16. The number of hydrogen-bond donors (Lipinski definition) is 6. The normalized spacial score (nSPS) is 13.4. The van der Waals surface area contributed by atoms with Gasteiger partial charge in [0, 0.05) is 73.5 Å². The smallest absolute Gasteiger partial charge is 0.412 e. The van der Waals surface area contributed by atoms with Crippen molar-refractivity contribution in [1.82, 2.24) is 9.80 Å². The number of ether oxygens (including phenoxy) is 4. The Morgan fingerprint density at radius 3 is 1.08 bits per heavy atom. The van der Waals surface area contributed by atoms with E-state index in [0.717, 1.165) is 93.4 Å². The monoisotopic (exact) mass is 1090 g/mol. The summed E-state index contributed by atoms with van der Waals surface area (Å²) in [4.78, 5) is 54.0. The number of aryl methyl sites for hydroxylation is 2. The molecule has 6 N–H and O–H groups in total. The Hall–Kier alpha value is -5.50. The molecule has 4 aromatic carbocycles. The van der Waals surface area contributed by atoms with Gasteiger partial charge < -0.3 is 29.2 Å². The second-order valence-corrected chi connectivity index (χ2v) is 25.0. The SMILES string of the molecule is CCc1cc(-c2ccc(NC(=O)OC(C)(C)C)c(CN(CCO)CCO)c2)ccc1NC(=O)OC(C)(C)C.CCc1cc(-c2ccc(NC(=O)OC(C)(C)C)c(CN3CCSSCC3)c2)ccc1NC(=O)OC(C)(C)C. The lowest BCUT2D eigenvalue weighted by molar-refractivity contribution is 0.0624. The largest absolute Gasteiger partial charge is 0.444 e. The second-order valence-electron chi connectivity index (χ2n) is 22.3. The van der Waals surface area contributed by atoms with Crippen LogP contribution in [0.2, 0.25) is 0 Å². The molecule has 18 heteroatoms. The minimum absolute atomic E-state index is 0.0551. The fraction of sp³-hybridized carbons (Fsp3) is 0.517. The van der Waals surface area contributed by atoms with Crippen LogP contribution in [0.25, 0.3) is 22.3 Å². The Balaban J connectivity index is 0.000000328. The zero-order valence-electron chi connectivity index (χ0n) is 47.3. The van der Waals surface area contributed by atoms with E-state index >= 15 is 0 Å². The van der Waals surface area contributed by atoms with Gasteiger partial charge >= 0.3 is 24.4 Å². The molecule has 76 heavy (non-hydrogen) atoms. The van der Waals surface area contributed by atoms with E-state index < -0.39 is 46.8 Å². The number of benzene rings is 4. The van der Waals surface area contributed by atoms with Crippen LogP contribution in [-0.2, 0) is 44.9 Å². The van der Waals surface area contributed by atoms with E-state index in [1.165, 1.54) is 0 Å². The van der Waals surface area contributed by atoms with Crippen molar-refractivity contribution in [2.75, 3.05) is 72.2 Å². The van der Waals surface area contributed by atoms with Gasteiger partial charge in [0.1, 0.15) is 22.4 Å². The number of hydrogen-bond acceptors (Lipinski definition) is 14. The lowest BCUT2D eigenvalue weighted by atomic mass is 9.98. The molecule has 418 valence electrons. The van der Waals surface area contributed by atoms with Gasteiger partial charge in [0.25, 0.3) is 0 Å². The molecule has 0 saturated carbocycles. The molecule has 0 unspecified atom stereocenters. The number of anilines is 4. The van der Waals surface area contributed by atoms with Crippen LogP contribution in [0.15, 0.2) is 72.8 Å². The van der Waals surface area contributed by atoms with E-state index in [-0.39, 0.29) is 13.2 Å². The molecule has 16 nitrogen and oxygen atoms in total. The molecule has 4 amide bonds. The quantitative estimate of drug-likeness (QED) is 0.0457. The molecule has 4 aromatic rings. The third kappa shape index (κ3) is 22.6. The second kappa shape index (κ2) is 28.8. The lowest BCUT2D eigenvalue weighted by Gasteiger charge is -2.24. The Labute approximate surface area is 459 Å². The summed E-state index contributed by atoms with van der Waals surface area (Å²) in [6, 6.07) is 23.7. The molecular formula is C58H84N6O10S2. The van der Waals surface area contributed by atoms with Crippen molar-refractivity contribution in [3.63, 3.8) is 0 Å². The van der Waals surface area contributed by atoms with Crippen LogP contribution in [0.3, 0.4) is 0 Å². The van der Waals surface area contributed by atoms with Crippen molar-refractivity contribution in [2.24, 2.45) is 0 Å². The summed E-state index contributed by atoms with van der Waals surface area (Å²) in [7, 11) is 3.82. The number of aliphatic hydroxyl groups is 2. The minimum Gasteiger partial charge on any atom is -0.444 e. The van der Waals surface area contributed by atoms with Crippen LogP contribution in [0.5, 0.6) is 0 Å². The van der Waals surface area contributed by atoms with E-state index in [4.69, 9.17) is 18.9 Å². The van der Waals surface area contributed by atoms with Gasteiger partial charge in [-0.25, -0.2) is 19.2 Å². The topological polar surface area (TPSA) is 200 Å². The molecule has 1 aliphatic rings. The zero-order chi connectivity index (χ0) is 56.4. The summed E-state index contributed by atoms with van der Waals surface area (Å²) >= 11 is 0. The summed E-state index contributed by atoms with van der Waals surface area (Å²) in [5, 5.41) is 30.5. The molecule has 0 radical (unpaired) electrons. The van der Waals surface area contributed by atoms with Gasteiger partial charge in [0.05, 0.1) is 13.2 Å². The first-order chi connectivity index (χ1) is 35.6. The summed E-state index contributed by atoms with van der Waals surface area (Å²) < 4.78 is 21.8. The summed E-state index contributed by atoms with van der Waals surface area (Å²) in [6.07, 6.45) is -0.535. The van der Waals surface area contributed by atoms with Gasteiger partial charge in [-0.3, -0.25) is 31.1 Å². The Morgan fingerprint density at radius 1 is 0.487 bits per heavy atom. The third-order valence-corrected chi connectivity index (χ3v) is 13.4. The van der Waals surface area contributed by atoms with Crippen LogP contribution in [0.4, 0.5) is 41.9 Å². The molecule has 1 heterocycles. The van der Waals surface area contributed by atoms with E-state index in [9.17, 15) is 29.4 Å². The van der Waals surface area contributed by atoms with Gasteiger partial charge in [-0.05, 0) is 189 Å². The Kier molecular flexibility index (Phi) is 23.8. The number of carbonyl (C=O) groups is 4. The summed E-state index contributed by atoms with van der Waals surface area (Å²) in [5.41, 5.74) is 8.17. The predicted molar refractivity (Wildman–Crippen MR) is 312 cm³/mol. The van der Waals surface area contributed by atoms with Crippen LogP contribution in [0, 0.1) is 0 Å². The maximum Gasteiger partial charge on any atom is 0.412 e. The average Bonchev–Trinajstić information content (AvgIpc) is 3.57. The van der Waals surface area contributed by atoms with E-state index in [0.29, 0.717) is 37.4 Å². The molecule has 5 rings (SSSR count). The van der Waals surface area contributed by atoms with Gasteiger partial charge in [0.15, 0.2) is 0 Å². The number of amides is 4. The van der Waals surface area contributed by atoms with Crippen molar-refractivity contribution in [3.8, 4) is 22.3 Å². The molecule has 0 aliphatic carbocycles. The highest BCUT2D eigenvalue weighted by molar-refractivity contribution is 8.76. The molecule has 0 aromatic heterocycles. The van der Waals surface area contributed by atoms with Crippen molar-refractivity contribution in [2.45, 2.75) is 145 Å². The number of nitrogens with zero attached hydrogens (tertiary/aromatic N) is 2. The zero-order valence-corrected chi connectivity index (χ0v) is 48.9. The lowest BCUT2D eigenvalue weighted by Crippen LogP contribution is -2.30. The Morgan fingerprint density at radius 2 is 0.776 bits per heavy atom. The molecular weight excluding hydrogens is 1000 g/mol. The third-order valence-electron chi connectivity index (χ3n) is 11.1. The molecule has 0 bridgehead atoms. The number of carbonyl (C=O) groups excluding carboxylic acids is 4. The summed E-state index contributed by atoms with van der Waals surface area (Å²) in [6.45, 7) is 29.8. The first-order valence-corrected chi connectivity index (χ1v) is 28.5. The predicted octanol–water partition coefficient (Wildman–Crippen LogP) is 13.2. The highest BCUT2D eigenvalue weighted by atomic mass is 33.1. The number of aliphatic hydroxyl groups excluding tert-OH is 2. The van der Waals surface area contributed by atoms with Crippen LogP contribution >= 0.6 is 21.6 Å². The highest BCUT2D eigenvalue weighted by Crippen LogP contribution is 2.33. The van der Waals surface area contributed by atoms with Crippen molar-refractivity contribution >= 4 is 68.7 Å². The molecule has 1 aliphatic heterocycles. The molecule has 0 spiro atoms. The fourth-order valence-corrected chi connectivity index (χ4v) is 9.89. The summed E-state index contributed by atoms with van der Waals surface area (Å²) in [5.74, 6) is 2.15. The minimum atomic E-state index is -0.643. The number of nitrogens with one attached hydrogen (secondary N) is 4. The highest BCUT2D eigenvalue weighted by Gasteiger charge is 2.23. The van der Waals surface area contributed by atoms with Crippen molar-refractivity contribution in [1.29, 1.82) is 0 Å². The maximum atomic E-state index is 12.6. The average molecular weight is 1090 g/mol. The van der Waals surface area contributed by atoms with E-state index in [2.05, 4.69) is 45.2 Å². The molecule has 0 atom stereocenters. The maximum absolute atomic E-state index is 12.6. The van der Waals surface area contributed by atoms with Crippen LogP contribution in [0.1, 0.15) is 119 Å². The van der Waals surface area contributed by atoms with Crippen molar-refractivity contribution in [3.05, 3.63) is 95.1 Å². The molecule has 1 fully saturated rings. The van der Waals surface area contributed by atoms with Crippen LogP contribution < -0.4 is 21.3 Å². The van der Waals surface area contributed by atoms with Gasteiger partial charge in [-0.15, -0.1) is 0 Å². The Bertz CT molecular complexity index is 2390. The van der Waals surface area contributed by atoms with Crippen LogP contribution in [-0.4, -0.2) is 118 Å². The van der Waals surface area contributed by atoms with Gasteiger partial charge in [0.2, 0.25) is 0 Å². The van der Waals surface area contributed by atoms with Gasteiger partial charge in [-0.1, -0.05) is 59.7 Å². The standard InChI is InChI=1S/C29H43N3O6.C29H41N3O4S2/c1-8-20-17-21(9-11-24(20)30-26(35)37-28(2,3)4)22-10-12-25(31-27(36)38-29(5,6)7)23(18-22)19-32(13-15-33)14-16-34;1-8-20-17-21(9-11-24(20)30-26(33)35-28(2,3)4)22-10-12-25(31-27(34)36-29(5,6)7)23(18-22)19-32-13-15-37-38-16-14-32/h9-12,17-18,33-34H,8,13-16,19H2,1-7H3,(H,30,35)(H,31,36);9-12,17-18H,8,13-16,19H2,1-7H3,(H,30,33)(H,31,34). The van der Waals surface area contributed by atoms with Crippen molar-refractivity contribution < 1.29 is 48.3 Å². The first kappa shape index (κ1) is 63.0. The van der Waals surface area contributed by atoms with E-state index in [1.807, 2.05) is 156 Å². The van der Waals surface area contributed by atoms with Gasteiger partial charge in [-0.2, -0.15) is 0 Å². The van der Waals surface area contributed by atoms with E-state index in [1.54, 1.807) is 20.8 Å². The fourth-order valence-electron chi connectivity index (χ4n) is 7.84.